The smallest absolute Gasteiger partial charge is 0.326 e. The maximum atomic E-state index is 12.5. The molecule has 3 aromatic rings. The molecule has 7 nitrogen and oxygen atoms in total. The Morgan fingerprint density at radius 2 is 2.00 bits per heavy atom. The number of hydrogen-bond donors (Lipinski definition) is 2. The lowest BCUT2D eigenvalue weighted by Crippen LogP contribution is -2.40. The highest BCUT2D eigenvalue weighted by molar-refractivity contribution is 5.93. The summed E-state index contributed by atoms with van der Waals surface area (Å²) in [7, 11) is 0. The van der Waals surface area contributed by atoms with Crippen molar-refractivity contribution in [2.45, 2.75) is 18.9 Å². The van der Waals surface area contributed by atoms with Crippen molar-refractivity contribution in [3.05, 3.63) is 58.3 Å². The van der Waals surface area contributed by atoms with Gasteiger partial charge in [-0.15, -0.1) is 0 Å². The Bertz CT molecular complexity index is 1030. The molecule has 1 saturated heterocycles. The Morgan fingerprint density at radius 1 is 1.24 bits per heavy atom. The van der Waals surface area contributed by atoms with Crippen molar-refractivity contribution in [3.8, 4) is 6.07 Å². The average Bonchev–Trinajstić information content (AvgIpc) is 3.25. The number of aromatic nitrogens is 3. The molecule has 25 heavy (non-hydrogen) atoms. The number of likely N-dealkylation sites (tertiary alicyclic amines) is 1. The van der Waals surface area contributed by atoms with Gasteiger partial charge in [0.05, 0.1) is 16.6 Å². The highest BCUT2D eigenvalue weighted by atomic mass is 16.2. The number of rotatable bonds is 2. The number of aromatic amines is 2. The topological polar surface area (TPSA) is 97.7 Å². The highest BCUT2D eigenvalue weighted by Gasteiger charge is 2.27. The number of benzene rings is 1. The van der Waals surface area contributed by atoms with Crippen molar-refractivity contribution >= 4 is 16.9 Å². The van der Waals surface area contributed by atoms with Crippen LogP contribution in [0.25, 0.3) is 11.0 Å². The molecule has 0 bridgehead atoms. The van der Waals surface area contributed by atoms with Crippen molar-refractivity contribution in [1.82, 2.24) is 19.4 Å². The molecular weight excluding hydrogens is 318 g/mol. The van der Waals surface area contributed by atoms with E-state index in [1.165, 1.54) is 6.20 Å². The summed E-state index contributed by atoms with van der Waals surface area (Å²) < 4.78 is 1.81. The molecule has 2 aromatic heterocycles. The molecule has 0 aliphatic carbocycles. The zero-order chi connectivity index (χ0) is 17.4. The van der Waals surface area contributed by atoms with Gasteiger partial charge in [0.25, 0.3) is 5.91 Å². The minimum atomic E-state index is -0.105. The minimum Gasteiger partial charge on any atom is -0.356 e. The number of H-pyrrole nitrogens is 2. The van der Waals surface area contributed by atoms with Gasteiger partial charge < -0.3 is 14.9 Å². The Morgan fingerprint density at radius 3 is 2.72 bits per heavy atom. The molecule has 0 spiro atoms. The molecule has 0 saturated carbocycles. The summed E-state index contributed by atoms with van der Waals surface area (Å²) in [6.07, 6.45) is 2.98. The van der Waals surface area contributed by atoms with E-state index < -0.39 is 0 Å². The summed E-state index contributed by atoms with van der Waals surface area (Å²) in [5.41, 5.74) is 2.51. The monoisotopic (exact) mass is 335 g/mol. The van der Waals surface area contributed by atoms with Crippen LogP contribution in [0.15, 0.2) is 41.3 Å². The SMILES string of the molecule is N#Cc1c[nH]c(C(=O)N2CCC(n3c(=O)[nH]c4ccccc43)CC2)c1. The molecule has 0 radical (unpaired) electrons. The first kappa shape index (κ1) is 15.3. The van der Waals surface area contributed by atoms with Crippen LogP contribution in [0.5, 0.6) is 0 Å². The van der Waals surface area contributed by atoms with Crippen LogP contribution in [0.3, 0.4) is 0 Å². The molecule has 0 unspecified atom stereocenters. The standard InChI is InChI=1S/C18H17N5O2/c19-10-12-9-15(20-11-12)17(24)22-7-5-13(6-8-22)23-16-4-2-1-3-14(16)21-18(23)25/h1-4,9,11,13,20H,5-8H2,(H,21,25). The normalized spacial score (nSPS) is 15.4. The van der Waals surface area contributed by atoms with Gasteiger partial charge in [0.1, 0.15) is 11.8 Å². The van der Waals surface area contributed by atoms with Crippen LogP contribution in [0.1, 0.15) is 34.9 Å². The first-order valence-electron chi connectivity index (χ1n) is 8.24. The molecule has 1 fully saturated rings. The Labute approximate surface area is 143 Å². The van der Waals surface area contributed by atoms with E-state index in [4.69, 9.17) is 5.26 Å². The highest BCUT2D eigenvalue weighted by Crippen LogP contribution is 2.25. The fourth-order valence-corrected chi connectivity index (χ4v) is 3.52. The van der Waals surface area contributed by atoms with Gasteiger partial charge in [0.2, 0.25) is 0 Å². The van der Waals surface area contributed by atoms with E-state index in [0.717, 1.165) is 23.9 Å². The van der Waals surface area contributed by atoms with Crippen molar-refractivity contribution in [3.63, 3.8) is 0 Å². The lowest BCUT2D eigenvalue weighted by atomic mass is 10.0. The number of imidazole rings is 1. The molecule has 1 aromatic carbocycles. The number of nitriles is 1. The quantitative estimate of drug-likeness (QED) is 0.749. The Hall–Kier alpha value is -3.27. The predicted octanol–water partition coefficient (Wildman–Crippen LogP) is 2.01. The second-order valence-corrected chi connectivity index (χ2v) is 6.25. The first-order chi connectivity index (χ1) is 12.2. The number of carbonyl (C=O) groups excluding carboxylic acids is 1. The lowest BCUT2D eigenvalue weighted by Gasteiger charge is -2.32. The van der Waals surface area contributed by atoms with Crippen LogP contribution in [0.4, 0.5) is 0 Å². The maximum absolute atomic E-state index is 12.5. The van der Waals surface area contributed by atoms with Gasteiger partial charge in [0.15, 0.2) is 0 Å². The Balaban J connectivity index is 1.51. The van der Waals surface area contributed by atoms with Gasteiger partial charge in [-0.25, -0.2) is 4.79 Å². The summed E-state index contributed by atoms with van der Waals surface area (Å²) in [5, 5.41) is 8.87. The van der Waals surface area contributed by atoms with E-state index in [1.807, 2.05) is 30.3 Å². The van der Waals surface area contributed by atoms with Gasteiger partial charge in [-0.2, -0.15) is 5.26 Å². The average molecular weight is 335 g/mol. The second-order valence-electron chi connectivity index (χ2n) is 6.25. The van der Waals surface area contributed by atoms with Crippen LogP contribution in [0.2, 0.25) is 0 Å². The van der Waals surface area contributed by atoms with Crippen LogP contribution >= 0.6 is 0 Å². The van der Waals surface area contributed by atoms with Gasteiger partial charge in [-0.3, -0.25) is 9.36 Å². The third-order valence-electron chi connectivity index (χ3n) is 4.78. The molecule has 1 aliphatic rings. The summed E-state index contributed by atoms with van der Waals surface area (Å²) in [6.45, 7) is 1.16. The summed E-state index contributed by atoms with van der Waals surface area (Å²) in [4.78, 5) is 32.3. The zero-order valence-electron chi connectivity index (χ0n) is 13.5. The number of nitrogens with zero attached hydrogens (tertiary/aromatic N) is 3. The summed E-state index contributed by atoms with van der Waals surface area (Å²) >= 11 is 0. The van der Waals surface area contributed by atoms with E-state index in [9.17, 15) is 9.59 Å². The van der Waals surface area contributed by atoms with Crippen LogP contribution in [0, 0.1) is 11.3 Å². The lowest BCUT2D eigenvalue weighted by molar-refractivity contribution is 0.0690. The van der Waals surface area contributed by atoms with Crippen molar-refractivity contribution in [2.24, 2.45) is 0 Å². The van der Waals surface area contributed by atoms with E-state index >= 15 is 0 Å². The van der Waals surface area contributed by atoms with Gasteiger partial charge in [0, 0.05) is 25.3 Å². The fraction of sp³-hybridized carbons (Fsp3) is 0.278. The number of carbonyl (C=O) groups is 1. The molecule has 3 heterocycles. The van der Waals surface area contributed by atoms with Crippen LogP contribution in [-0.4, -0.2) is 38.4 Å². The zero-order valence-corrected chi connectivity index (χ0v) is 13.5. The number of amides is 1. The molecule has 1 aliphatic heterocycles. The van der Waals surface area contributed by atoms with Gasteiger partial charge in [-0.1, -0.05) is 12.1 Å². The molecule has 7 heteroatoms. The van der Waals surface area contributed by atoms with Gasteiger partial charge in [-0.05, 0) is 31.0 Å². The number of nitrogens with one attached hydrogen (secondary N) is 2. The third kappa shape index (κ3) is 2.62. The third-order valence-corrected chi connectivity index (χ3v) is 4.78. The maximum Gasteiger partial charge on any atom is 0.326 e. The van der Waals surface area contributed by atoms with Crippen molar-refractivity contribution < 1.29 is 4.79 Å². The molecule has 4 rings (SSSR count). The number of fused-ring (bicyclic) bond motifs is 1. The van der Waals surface area contributed by atoms with Crippen molar-refractivity contribution in [1.29, 1.82) is 5.26 Å². The number of para-hydroxylation sites is 2. The molecule has 126 valence electrons. The van der Waals surface area contributed by atoms with Gasteiger partial charge >= 0.3 is 5.69 Å². The predicted molar refractivity (Wildman–Crippen MR) is 92.2 cm³/mol. The molecule has 2 N–H and O–H groups in total. The molecule has 1 amide bonds. The van der Waals surface area contributed by atoms with E-state index in [-0.39, 0.29) is 17.6 Å². The number of hydrogen-bond acceptors (Lipinski definition) is 3. The van der Waals surface area contributed by atoms with Crippen LogP contribution in [-0.2, 0) is 0 Å². The number of piperidine rings is 1. The molecule has 0 atom stereocenters. The van der Waals surface area contributed by atoms with E-state index in [2.05, 4.69) is 9.97 Å². The second kappa shape index (κ2) is 5.98. The Kier molecular flexibility index (Phi) is 3.65. The fourth-order valence-electron chi connectivity index (χ4n) is 3.52. The molecular formula is C18H17N5O2. The first-order valence-corrected chi connectivity index (χ1v) is 8.24. The summed E-state index contributed by atoms with van der Waals surface area (Å²) in [6, 6.07) is 11.3. The van der Waals surface area contributed by atoms with E-state index in [1.54, 1.807) is 15.5 Å². The largest absolute Gasteiger partial charge is 0.356 e. The van der Waals surface area contributed by atoms with Crippen LogP contribution < -0.4 is 5.69 Å². The van der Waals surface area contributed by atoms with Crippen molar-refractivity contribution in [2.75, 3.05) is 13.1 Å². The van der Waals surface area contributed by atoms with E-state index in [0.29, 0.717) is 24.3 Å². The summed E-state index contributed by atoms with van der Waals surface area (Å²) in [5.74, 6) is -0.105. The minimum absolute atomic E-state index is 0.0750.